The van der Waals surface area contributed by atoms with Crippen LogP contribution in [-0.4, -0.2) is 12.4 Å². The van der Waals surface area contributed by atoms with Gasteiger partial charge in [0.05, 0.1) is 0 Å². The Labute approximate surface area is 109 Å². The summed E-state index contributed by atoms with van der Waals surface area (Å²) in [6, 6.07) is 5.92. The zero-order valence-corrected chi connectivity index (χ0v) is 10.4. The van der Waals surface area contributed by atoms with E-state index in [0.717, 1.165) is 25.7 Å². The fourth-order valence-corrected chi connectivity index (χ4v) is 2.11. The van der Waals surface area contributed by atoms with E-state index in [-0.39, 0.29) is 17.5 Å². The molecule has 1 aromatic rings. The highest BCUT2D eigenvalue weighted by atomic mass is 19.4. The largest absolute Gasteiger partial charge is 0.573 e. The van der Waals surface area contributed by atoms with E-state index in [1.54, 1.807) is 6.07 Å². The molecule has 0 aliphatic heterocycles. The second kappa shape index (κ2) is 6.14. The molecule has 106 valence electrons. The molecule has 0 aromatic heterocycles. The molecule has 0 heterocycles. The predicted molar refractivity (Wildman–Crippen MR) is 63.8 cm³/mol. The number of benzene rings is 1. The standard InChI is InChI=1S/C13H16F3NO2/c14-13(15,16)18-11-8-4-5-9-12(11)19-17-10-6-2-1-3-7-10/h4-5,8-10,17H,1-3,6-7H2. The summed E-state index contributed by atoms with van der Waals surface area (Å²) in [5, 5.41) is 0. The van der Waals surface area contributed by atoms with Gasteiger partial charge < -0.3 is 9.57 Å². The van der Waals surface area contributed by atoms with Gasteiger partial charge in [-0.05, 0) is 25.0 Å². The molecule has 0 saturated heterocycles. The van der Waals surface area contributed by atoms with Crippen LogP contribution in [0.1, 0.15) is 32.1 Å². The zero-order chi connectivity index (χ0) is 13.7. The van der Waals surface area contributed by atoms with Crippen LogP contribution in [-0.2, 0) is 0 Å². The van der Waals surface area contributed by atoms with Gasteiger partial charge in [0.2, 0.25) is 0 Å². The molecule has 0 amide bonds. The first kappa shape index (κ1) is 14.0. The maximum absolute atomic E-state index is 12.2. The van der Waals surface area contributed by atoms with Crippen LogP contribution in [0, 0.1) is 0 Å². The average Bonchev–Trinajstić information content (AvgIpc) is 2.37. The molecule has 0 atom stereocenters. The minimum absolute atomic E-state index is 0.0467. The molecule has 1 aliphatic carbocycles. The predicted octanol–water partition coefficient (Wildman–Crippen LogP) is 3.80. The summed E-state index contributed by atoms with van der Waals surface area (Å²) in [6.45, 7) is 0. The quantitative estimate of drug-likeness (QED) is 0.848. The normalized spacial score (nSPS) is 17.2. The minimum Gasteiger partial charge on any atom is -0.405 e. The number of hydrogen-bond donors (Lipinski definition) is 1. The maximum atomic E-state index is 12.2. The summed E-state index contributed by atoms with van der Waals surface area (Å²) < 4.78 is 40.6. The average molecular weight is 275 g/mol. The molecular formula is C13H16F3NO2. The lowest BCUT2D eigenvalue weighted by atomic mass is 9.96. The number of rotatable bonds is 4. The second-order valence-electron chi connectivity index (χ2n) is 4.55. The molecule has 19 heavy (non-hydrogen) atoms. The number of ether oxygens (including phenoxy) is 1. The van der Waals surface area contributed by atoms with E-state index < -0.39 is 6.36 Å². The highest BCUT2D eigenvalue weighted by molar-refractivity contribution is 5.39. The fraction of sp³-hybridized carbons (Fsp3) is 0.538. The van der Waals surface area contributed by atoms with Crippen molar-refractivity contribution in [1.29, 1.82) is 0 Å². The fourth-order valence-electron chi connectivity index (χ4n) is 2.11. The topological polar surface area (TPSA) is 30.5 Å². The monoisotopic (exact) mass is 275 g/mol. The third kappa shape index (κ3) is 4.63. The van der Waals surface area contributed by atoms with Gasteiger partial charge in [-0.1, -0.05) is 31.4 Å². The van der Waals surface area contributed by atoms with Gasteiger partial charge in [0.1, 0.15) is 0 Å². The van der Waals surface area contributed by atoms with E-state index in [1.807, 2.05) is 0 Å². The van der Waals surface area contributed by atoms with Crippen molar-refractivity contribution in [2.24, 2.45) is 0 Å². The van der Waals surface area contributed by atoms with Crippen LogP contribution < -0.4 is 15.1 Å². The summed E-state index contributed by atoms with van der Waals surface area (Å²) in [7, 11) is 0. The molecule has 0 spiro atoms. The summed E-state index contributed by atoms with van der Waals surface area (Å²) in [5.74, 6) is -0.288. The Morgan fingerprint density at radius 1 is 1.00 bits per heavy atom. The lowest BCUT2D eigenvalue weighted by Crippen LogP contribution is -2.34. The summed E-state index contributed by atoms with van der Waals surface area (Å²) in [5.41, 5.74) is 2.82. The van der Waals surface area contributed by atoms with Crippen LogP contribution in [0.5, 0.6) is 11.5 Å². The highest BCUT2D eigenvalue weighted by Crippen LogP contribution is 2.31. The van der Waals surface area contributed by atoms with Crippen LogP contribution in [0.15, 0.2) is 24.3 Å². The van der Waals surface area contributed by atoms with Crippen molar-refractivity contribution in [1.82, 2.24) is 5.48 Å². The Balaban J connectivity index is 1.95. The molecule has 1 aromatic carbocycles. The second-order valence-corrected chi connectivity index (χ2v) is 4.55. The van der Waals surface area contributed by atoms with Gasteiger partial charge in [-0.25, -0.2) is 0 Å². The Hall–Kier alpha value is -1.43. The Morgan fingerprint density at radius 2 is 1.63 bits per heavy atom. The van der Waals surface area contributed by atoms with Crippen LogP contribution >= 0.6 is 0 Å². The van der Waals surface area contributed by atoms with Gasteiger partial charge in [-0.2, -0.15) is 5.48 Å². The van der Waals surface area contributed by atoms with Gasteiger partial charge in [0.15, 0.2) is 11.5 Å². The van der Waals surface area contributed by atoms with Gasteiger partial charge in [-0.3, -0.25) is 0 Å². The summed E-state index contributed by atoms with van der Waals surface area (Å²) >= 11 is 0. The van der Waals surface area contributed by atoms with Crippen molar-refractivity contribution in [2.75, 3.05) is 0 Å². The van der Waals surface area contributed by atoms with Gasteiger partial charge in [0.25, 0.3) is 0 Å². The van der Waals surface area contributed by atoms with Crippen molar-refractivity contribution in [3.63, 3.8) is 0 Å². The van der Waals surface area contributed by atoms with Crippen molar-refractivity contribution < 1.29 is 22.7 Å². The molecule has 3 nitrogen and oxygen atoms in total. The molecule has 1 N–H and O–H groups in total. The van der Waals surface area contributed by atoms with Crippen molar-refractivity contribution in [3.8, 4) is 11.5 Å². The first-order chi connectivity index (χ1) is 9.04. The minimum atomic E-state index is -4.72. The maximum Gasteiger partial charge on any atom is 0.573 e. The zero-order valence-electron chi connectivity index (χ0n) is 10.4. The highest BCUT2D eigenvalue weighted by Gasteiger charge is 2.32. The molecule has 0 unspecified atom stereocenters. The van der Waals surface area contributed by atoms with E-state index >= 15 is 0 Å². The van der Waals surface area contributed by atoms with Crippen molar-refractivity contribution in [2.45, 2.75) is 44.5 Å². The molecule has 6 heteroatoms. The van der Waals surface area contributed by atoms with Crippen molar-refractivity contribution >= 4 is 0 Å². The molecule has 0 radical (unpaired) electrons. The molecule has 1 aliphatic rings. The smallest absolute Gasteiger partial charge is 0.405 e. The number of alkyl halides is 3. The SMILES string of the molecule is FC(F)(F)Oc1ccccc1ONC1CCCCC1. The molecule has 2 rings (SSSR count). The van der Waals surface area contributed by atoms with Crippen LogP contribution in [0.4, 0.5) is 13.2 Å². The molecular weight excluding hydrogens is 259 g/mol. The first-order valence-electron chi connectivity index (χ1n) is 6.32. The molecule has 1 fully saturated rings. The Morgan fingerprint density at radius 3 is 2.26 bits per heavy atom. The van der Waals surface area contributed by atoms with E-state index in [2.05, 4.69) is 10.2 Å². The number of para-hydroxylation sites is 2. The van der Waals surface area contributed by atoms with Crippen molar-refractivity contribution in [3.05, 3.63) is 24.3 Å². The summed E-state index contributed by atoms with van der Waals surface area (Å²) in [4.78, 5) is 5.25. The lowest BCUT2D eigenvalue weighted by Gasteiger charge is -2.23. The number of hydroxylamine groups is 1. The van der Waals surface area contributed by atoms with Crippen LogP contribution in [0.3, 0.4) is 0 Å². The van der Waals surface area contributed by atoms with E-state index in [1.165, 1.54) is 24.6 Å². The van der Waals surface area contributed by atoms with Gasteiger partial charge in [-0.15, -0.1) is 13.2 Å². The first-order valence-corrected chi connectivity index (χ1v) is 6.32. The number of hydrogen-bond acceptors (Lipinski definition) is 3. The van der Waals surface area contributed by atoms with Crippen LogP contribution in [0.25, 0.3) is 0 Å². The molecule has 1 saturated carbocycles. The molecule has 0 bridgehead atoms. The third-order valence-electron chi connectivity index (χ3n) is 3.02. The van der Waals surface area contributed by atoms with E-state index in [4.69, 9.17) is 4.84 Å². The van der Waals surface area contributed by atoms with E-state index in [0.29, 0.717) is 0 Å². The van der Waals surface area contributed by atoms with E-state index in [9.17, 15) is 13.2 Å². The third-order valence-corrected chi connectivity index (χ3v) is 3.02. The number of halogens is 3. The van der Waals surface area contributed by atoms with Crippen LogP contribution in [0.2, 0.25) is 0 Å². The number of nitrogens with one attached hydrogen (secondary N) is 1. The Bertz CT molecular complexity index is 403. The lowest BCUT2D eigenvalue weighted by molar-refractivity contribution is -0.275. The summed E-state index contributed by atoms with van der Waals surface area (Å²) in [6.07, 6.45) is 0.657. The van der Waals surface area contributed by atoms with Gasteiger partial charge >= 0.3 is 6.36 Å². The van der Waals surface area contributed by atoms with Gasteiger partial charge in [0, 0.05) is 6.04 Å². The Kier molecular flexibility index (Phi) is 4.52.